The van der Waals surface area contributed by atoms with Crippen LogP contribution in [-0.2, 0) is 0 Å². The summed E-state index contributed by atoms with van der Waals surface area (Å²) in [5, 5.41) is 8.88. The molecule has 3 rings (SSSR count). The largest absolute Gasteiger partial charge is 0.478 e. The lowest BCUT2D eigenvalue weighted by molar-refractivity contribution is 0.0679. The van der Waals surface area contributed by atoms with Crippen molar-refractivity contribution in [3.63, 3.8) is 0 Å². The van der Waals surface area contributed by atoms with Gasteiger partial charge in [-0.25, -0.2) is 4.79 Å². The molecule has 1 aromatic carbocycles. The Morgan fingerprint density at radius 2 is 1.50 bits per heavy atom. The summed E-state index contributed by atoms with van der Waals surface area (Å²) < 4.78 is 0. The van der Waals surface area contributed by atoms with Crippen LogP contribution < -0.4 is 0 Å². The van der Waals surface area contributed by atoms with Gasteiger partial charge >= 0.3 is 5.97 Å². The smallest absolute Gasteiger partial charge is 0.335 e. The third-order valence-electron chi connectivity index (χ3n) is 4.36. The molecule has 0 spiro atoms. The van der Waals surface area contributed by atoms with Gasteiger partial charge in [0.15, 0.2) is 0 Å². The van der Waals surface area contributed by atoms with E-state index < -0.39 is 5.97 Å². The third kappa shape index (κ3) is 2.55. The van der Waals surface area contributed by atoms with Gasteiger partial charge in [0, 0.05) is 18.7 Å². The van der Waals surface area contributed by atoms with Crippen molar-refractivity contribution < 1.29 is 14.7 Å². The topological polar surface area (TPSA) is 57.6 Å². The van der Waals surface area contributed by atoms with Gasteiger partial charge in [-0.3, -0.25) is 4.79 Å². The van der Waals surface area contributed by atoms with E-state index in [0.717, 1.165) is 0 Å². The Morgan fingerprint density at radius 1 is 1.05 bits per heavy atom. The highest BCUT2D eigenvalue weighted by molar-refractivity contribution is 5.96. The van der Waals surface area contributed by atoms with Crippen molar-refractivity contribution in [1.82, 2.24) is 4.90 Å². The molecule has 2 saturated carbocycles. The summed E-state index contributed by atoms with van der Waals surface area (Å²) in [6.45, 7) is 0. The van der Waals surface area contributed by atoms with Crippen LogP contribution in [0.3, 0.4) is 0 Å². The van der Waals surface area contributed by atoms with Crippen LogP contribution in [0.5, 0.6) is 0 Å². The van der Waals surface area contributed by atoms with Gasteiger partial charge in [-0.2, -0.15) is 0 Å². The van der Waals surface area contributed by atoms with Crippen molar-refractivity contribution in [1.29, 1.82) is 0 Å². The second-order valence-corrected chi connectivity index (χ2v) is 5.96. The minimum Gasteiger partial charge on any atom is -0.478 e. The zero-order valence-corrected chi connectivity index (χ0v) is 11.6. The second-order valence-electron chi connectivity index (χ2n) is 5.96. The van der Waals surface area contributed by atoms with Gasteiger partial charge in [0.2, 0.25) is 0 Å². The molecular weight excluding hydrogens is 254 g/mol. The van der Waals surface area contributed by atoms with Gasteiger partial charge in [-0.1, -0.05) is 0 Å². The summed E-state index contributed by atoms with van der Waals surface area (Å²) in [5.41, 5.74) is 0.786. The zero-order chi connectivity index (χ0) is 14.3. The van der Waals surface area contributed by atoms with E-state index in [1.54, 1.807) is 12.1 Å². The van der Waals surface area contributed by atoms with Crippen molar-refractivity contribution in [3.8, 4) is 0 Å². The van der Waals surface area contributed by atoms with Crippen LogP contribution in [0.15, 0.2) is 24.3 Å². The van der Waals surface area contributed by atoms with Crippen molar-refractivity contribution in [3.05, 3.63) is 35.4 Å². The van der Waals surface area contributed by atoms with Crippen molar-refractivity contribution in [2.75, 3.05) is 7.05 Å². The van der Waals surface area contributed by atoms with E-state index in [2.05, 4.69) is 0 Å². The summed E-state index contributed by atoms with van der Waals surface area (Å²) in [4.78, 5) is 25.2. The molecule has 0 radical (unpaired) electrons. The first-order valence-corrected chi connectivity index (χ1v) is 7.18. The first-order chi connectivity index (χ1) is 9.58. The number of carbonyl (C=O) groups excluding carboxylic acids is 1. The second kappa shape index (κ2) is 4.93. The molecule has 0 heterocycles. The van der Waals surface area contributed by atoms with Gasteiger partial charge in [-0.05, 0) is 61.8 Å². The number of rotatable bonds is 5. The fraction of sp³-hybridized carbons (Fsp3) is 0.500. The normalized spacial score (nSPS) is 18.1. The van der Waals surface area contributed by atoms with Gasteiger partial charge in [0.05, 0.1) is 5.56 Å². The van der Waals surface area contributed by atoms with Crippen molar-refractivity contribution >= 4 is 11.9 Å². The van der Waals surface area contributed by atoms with Crippen molar-refractivity contribution in [2.45, 2.75) is 31.7 Å². The molecule has 0 aliphatic heterocycles. The van der Waals surface area contributed by atoms with Gasteiger partial charge < -0.3 is 10.0 Å². The number of amides is 1. The van der Waals surface area contributed by atoms with Crippen LogP contribution in [0.25, 0.3) is 0 Å². The molecule has 2 fully saturated rings. The molecule has 20 heavy (non-hydrogen) atoms. The Hall–Kier alpha value is -1.84. The number of carboxylic acids is 1. The summed E-state index contributed by atoms with van der Waals surface area (Å²) in [6, 6.07) is 6.58. The number of benzene rings is 1. The number of hydrogen-bond acceptors (Lipinski definition) is 2. The van der Waals surface area contributed by atoms with E-state index >= 15 is 0 Å². The minimum atomic E-state index is -0.966. The first-order valence-electron chi connectivity index (χ1n) is 7.18. The fourth-order valence-corrected chi connectivity index (χ4v) is 2.99. The minimum absolute atomic E-state index is 0.00531. The van der Waals surface area contributed by atoms with E-state index in [9.17, 15) is 9.59 Å². The van der Waals surface area contributed by atoms with Gasteiger partial charge in [-0.15, -0.1) is 0 Å². The van der Waals surface area contributed by atoms with E-state index in [4.69, 9.17) is 5.11 Å². The summed E-state index contributed by atoms with van der Waals surface area (Å²) in [7, 11) is 1.88. The molecule has 2 aliphatic rings. The average molecular weight is 273 g/mol. The molecule has 1 amide bonds. The molecule has 1 N–H and O–H groups in total. The Labute approximate surface area is 118 Å². The van der Waals surface area contributed by atoms with Crippen LogP contribution in [0.4, 0.5) is 0 Å². The molecule has 2 aliphatic carbocycles. The van der Waals surface area contributed by atoms with Gasteiger partial charge in [0.25, 0.3) is 5.91 Å². The Bertz CT molecular complexity index is 517. The number of hydrogen-bond donors (Lipinski definition) is 1. The molecule has 4 nitrogen and oxygen atoms in total. The highest BCUT2D eigenvalue weighted by Gasteiger charge is 2.44. The lowest BCUT2D eigenvalue weighted by atomic mass is 10.0. The third-order valence-corrected chi connectivity index (χ3v) is 4.36. The zero-order valence-electron chi connectivity index (χ0n) is 11.6. The predicted molar refractivity (Wildman–Crippen MR) is 74.7 cm³/mol. The monoisotopic (exact) mass is 273 g/mol. The Kier molecular flexibility index (Phi) is 3.24. The van der Waals surface area contributed by atoms with E-state index in [-0.39, 0.29) is 11.5 Å². The summed E-state index contributed by atoms with van der Waals surface area (Å²) in [6.07, 6.45) is 4.93. The molecule has 0 atom stereocenters. The van der Waals surface area contributed by atoms with E-state index in [1.807, 2.05) is 11.9 Å². The summed E-state index contributed by atoms with van der Waals surface area (Å²) in [5.74, 6) is 0.390. The highest BCUT2D eigenvalue weighted by atomic mass is 16.4. The number of nitrogens with zero attached hydrogens (tertiary/aromatic N) is 1. The lowest BCUT2D eigenvalue weighted by Crippen LogP contribution is -2.40. The fourth-order valence-electron chi connectivity index (χ4n) is 2.99. The molecular formula is C16H19NO3. The quantitative estimate of drug-likeness (QED) is 0.897. The maximum absolute atomic E-state index is 12.5. The van der Waals surface area contributed by atoms with E-state index in [1.165, 1.54) is 37.8 Å². The van der Waals surface area contributed by atoms with Crippen LogP contribution in [-0.4, -0.2) is 35.0 Å². The summed E-state index contributed by atoms with van der Waals surface area (Å²) >= 11 is 0. The van der Waals surface area contributed by atoms with Crippen LogP contribution in [0.2, 0.25) is 0 Å². The van der Waals surface area contributed by atoms with Crippen molar-refractivity contribution in [2.24, 2.45) is 11.8 Å². The Balaban J connectivity index is 1.75. The highest BCUT2D eigenvalue weighted by Crippen LogP contribution is 2.47. The number of carbonyl (C=O) groups is 2. The molecule has 0 saturated heterocycles. The van der Waals surface area contributed by atoms with Crippen LogP contribution in [0, 0.1) is 11.8 Å². The van der Waals surface area contributed by atoms with E-state index in [0.29, 0.717) is 23.4 Å². The number of aromatic carboxylic acids is 1. The SMILES string of the molecule is CN(C(=O)c1ccc(C(=O)O)cc1)C(C1CC1)C1CC1. The standard InChI is InChI=1S/C16H19NO3/c1-17(14(10-2-3-10)11-4-5-11)15(18)12-6-8-13(9-7-12)16(19)20/h6-11,14H,2-5H2,1H3,(H,19,20). The molecule has 0 unspecified atom stereocenters. The lowest BCUT2D eigenvalue weighted by Gasteiger charge is -2.28. The van der Waals surface area contributed by atoms with Gasteiger partial charge in [0.1, 0.15) is 0 Å². The Morgan fingerprint density at radius 3 is 1.90 bits per heavy atom. The average Bonchev–Trinajstić information content (AvgIpc) is 3.32. The number of carboxylic acid groups (broad SMARTS) is 1. The molecule has 1 aromatic rings. The maximum atomic E-state index is 12.5. The first kappa shape index (κ1) is 13.2. The maximum Gasteiger partial charge on any atom is 0.335 e. The molecule has 0 aromatic heterocycles. The molecule has 4 heteroatoms. The molecule has 106 valence electrons. The predicted octanol–water partition coefficient (Wildman–Crippen LogP) is 2.65. The molecule has 0 bridgehead atoms. The van der Waals surface area contributed by atoms with Crippen LogP contribution >= 0.6 is 0 Å². The van der Waals surface area contributed by atoms with Crippen LogP contribution in [0.1, 0.15) is 46.4 Å².